The second-order valence-electron chi connectivity index (χ2n) is 7.12. The number of thioether (sulfide) groups is 1. The smallest absolute Gasteiger partial charge is 0.266 e. The zero-order valence-corrected chi connectivity index (χ0v) is 20.5. The molecule has 0 radical (unpaired) electrons. The molecule has 8 heteroatoms. The Morgan fingerprint density at radius 1 is 0.879 bits per heavy atom. The first-order valence-corrected chi connectivity index (χ1v) is 11.6. The topological polar surface area (TPSA) is 48.0 Å². The van der Waals surface area contributed by atoms with Crippen LogP contribution in [0.25, 0.3) is 6.08 Å². The first kappa shape index (κ1) is 23.4. The van der Waals surface area contributed by atoms with Crippen LogP contribution in [0.15, 0.2) is 65.6 Å². The summed E-state index contributed by atoms with van der Waals surface area (Å²) in [6, 6.07) is 18.6. The molecule has 3 aromatic carbocycles. The first-order chi connectivity index (χ1) is 16.0. The number of hydrogen-bond acceptors (Lipinski definition) is 5. The zero-order chi connectivity index (χ0) is 23.5. The highest BCUT2D eigenvalue weighted by Crippen LogP contribution is 2.51. The predicted molar refractivity (Wildman–Crippen MR) is 135 cm³/mol. The lowest BCUT2D eigenvalue weighted by atomic mass is 10.1. The third-order valence-electron chi connectivity index (χ3n) is 5.15. The van der Waals surface area contributed by atoms with Crippen LogP contribution >= 0.6 is 35.0 Å². The van der Waals surface area contributed by atoms with Crippen LogP contribution in [0.1, 0.15) is 16.5 Å². The summed E-state index contributed by atoms with van der Waals surface area (Å²) >= 11 is 13.9. The average molecular weight is 502 g/mol. The summed E-state index contributed by atoms with van der Waals surface area (Å²) in [5.41, 5.74) is 2.38. The van der Waals surface area contributed by atoms with Crippen molar-refractivity contribution in [3.05, 3.63) is 86.7 Å². The maximum Gasteiger partial charge on any atom is 0.266 e. The first-order valence-electron chi connectivity index (χ1n) is 9.98. The van der Waals surface area contributed by atoms with E-state index in [9.17, 15) is 4.79 Å². The molecule has 1 atom stereocenters. The molecule has 4 rings (SSSR count). The lowest BCUT2D eigenvalue weighted by molar-refractivity contribution is -0.114. The van der Waals surface area contributed by atoms with Gasteiger partial charge in [0.2, 0.25) is 5.75 Å². The number of rotatable bonds is 6. The van der Waals surface area contributed by atoms with Crippen molar-refractivity contribution in [2.24, 2.45) is 0 Å². The molecule has 0 bridgehead atoms. The van der Waals surface area contributed by atoms with Gasteiger partial charge in [-0.15, -0.1) is 0 Å². The molecular weight excluding hydrogens is 481 g/mol. The summed E-state index contributed by atoms with van der Waals surface area (Å²) in [6.07, 6.45) is 1.88. The Bertz CT molecular complexity index is 1190. The van der Waals surface area contributed by atoms with Gasteiger partial charge in [-0.3, -0.25) is 9.69 Å². The Balaban J connectivity index is 1.86. The van der Waals surface area contributed by atoms with Crippen LogP contribution in [-0.2, 0) is 4.79 Å². The van der Waals surface area contributed by atoms with Gasteiger partial charge in [-0.25, -0.2) is 0 Å². The lowest BCUT2D eigenvalue weighted by Crippen LogP contribution is -2.27. The molecule has 1 aliphatic rings. The summed E-state index contributed by atoms with van der Waals surface area (Å²) < 4.78 is 16.5. The summed E-state index contributed by atoms with van der Waals surface area (Å²) in [5, 5.41) is 0.401. The molecular formula is C25H21Cl2NO4S. The minimum atomic E-state index is -0.390. The Hall–Kier alpha value is -2.80. The third-order valence-corrected chi connectivity index (χ3v) is 7.15. The SMILES string of the molecule is COc1cc(C2S/C(=C\c3ccccc3)C(=O)N2c2ccc(Cl)c(Cl)c2)cc(OC)c1OC. The lowest BCUT2D eigenvalue weighted by Gasteiger charge is -2.25. The van der Waals surface area contributed by atoms with Gasteiger partial charge in [0.05, 0.1) is 36.3 Å². The number of carbonyl (C=O) groups is 1. The van der Waals surface area contributed by atoms with Crippen LogP contribution in [0.2, 0.25) is 10.0 Å². The number of ether oxygens (including phenoxy) is 3. The normalized spacial score (nSPS) is 16.9. The van der Waals surface area contributed by atoms with E-state index in [1.807, 2.05) is 48.5 Å². The number of nitrogens with zero attached hydrogens (tertiary/aromatic N) is 1. The minimum Gasteiger partial charge on any atom is -0.493 e. The highest BCUT2D eigenvalue weighted by atomic mass is 35.5. The van der Waals surface area contributed by atoms with Gasteiger partial charge >= 0.3 is 0 Å². The van der Waals surface area contributed by atoms with Crippen molar-refractivity contribution in [2.45, 2.75) is 5.37 Å². The van der Waals surface area contributed by atoms with Gasteiger partial charge in [-0.2, -0.15) is 0 Å². The summed E-state index contributed by atoms with van der Waals surface area (Å²) in [4.78, 5) is 15.9. The Labute approximate surface area is 206 Å². The average Bonchev–Trinajstić information content (AvgIpc) is 3.16. The molecule has 1 heterocycles. The number of hydrogen-bond donors (Lipinski definition) is 0. The number of methoxy groups -OCH3 is 3. The maximum absolute atomic E-state index is 13.6. The number of halogens is 2. The van der Waals surface area contributed by atoms with Gasteiger partial charge in [0.15, 0.2) is 11.5 Å². The molecule has 1 fully saturated rings. The van der Waals surface area contributed by atoms with Crippen molar-refractivity contribution < 1.29 is 19.0 Å². The summed E-state index contributed by atoms with van der Waals surface area (Å²) in [6.45, 7) is 0. The van der Waals surface area contributed by atoms with Crippen LogP contribution in [0.4, 0.5) is 5.69 Å². The van der Waals surface area contributed by atoms with Crippen molar-refractivity contribution >= 4 is 52.6 Å². The maximum atomic E-state index is 13.6. The van der Waals surface area contributed by atoms with Crippen molar-refractivity contribution in [2.75, 3.05) is 26.2 Å². The van der Waals surface area contributed by atoms with Gasteiger partial charge in [-0.05, 0) is 47.5 Å². The van der Waals surface area contributed by atoms with E-state index in [1.54, 1.807) is 44.4 Å². The van der Waals surface area contributed by atoms with Crippen molar-refractivity contribution in [3.8, 4) is 17.2 Å². The van der Waals surface area contributed by atoms with Gasteiger partial charge in [0.25, 0.3) is 5.91 Å². The third kappa shape index (κ3) is 4.64. The number of amides is 1. The molecule has 1 saturated heterocycles. The van der Waals surface area contributed by atoms with E-state index in [1.165, 1.54) is 11.8 Å². The summed E-state index contributed by atoms with van der Waals surface area (Å²) in [7, 11) is 4.67. The van der Waals surface area contributed by atoms with E-state index in [0.29, 0.717) is 37.9 Å². The van der Waals surface area contributed by atoms with Gasteiger partial charge < -0.3 is 14.2 Å². The molecule has 0 N–H and O–H groups in total. The molecule has 0 saturated carbocycles. The van der Waals surface area contributed by atoms with E-state index < -0.39 is 5.37 Å². The molecule has 1 amide bonds. The highest BCUT2D eigenvalue weighted by molar-refractivity contribution is 8.05. The molecule has 33 heavy (non-hydrogen) atoms. The standard InChI is InChI=1S/C25H21Cl2NO4S/c1-30-20-12-16(13-21(31-2)23(20)32-3)25-28(17-9-10-18(26)19(27)14-17)24(29)22(33-25)11-15-7-5-4-6-8-15/h4-14,25H,1-3H3/b22-11-. The molecule has 3 aromatic rings. The largest absolute Gasteiger partial charge is 0.493 e. The van der Waals surface area contributed by atoms with Crippen LogP contribution < -0.4 is 19.1 Å². The molecule has 1 aliphatic heterocycles. The van der Waals surface area contributed by atoms with Crippen molar-refractivity contribution in [1.82, 2.24) is 0 Å². The number of benzene rings is 3. The molecule has 0 aromatic heterocycles. The van der Waals surface area contributed by atoms with Crippen LogP contribution in [0.5, 0.6) is 17.2 Å². The quantitative estimate of drug-likeness (QED) is 0.346. The fraction of sp³-hybridized carbons (Fsp3) is 0.160. The number of anilines is 1. The highest BCUT2D eigenvalue weighted by Gasteiger charge is 2.39. The molecule has 0 aliphatic carbocycles. The van der Waals surface area contributed by atoms with E-state index >= 15 is 0 Å². The Kier molecular flexibility index (Phi) is 7.08. The fourth-order valence-electron chi connectivity index (χ4n) is 3.59. The minimum absolute atomic E-state index is 0.138. The van der Waals surface area contributed by atoms with Crippen LogP contribution in [0, 0.1) is 0 Å². The van der Waals surface area contributed by atoms with Gasteiger partial charge in [-0.1, -0.05) is 65.3 Å². The Morgan fingerprint density at radius 3 is 2.12 bits per heavy atom. The molecule has 170 valence electrons. The van der Waals surface area contributed by atoms with Gasteiger partial charge in [0, 0.05) is 5.69 Å². The fourth-order valence-corrected chi connectivity index (χ4v) is 5.12. The molecule has 1 unspecified atom stereocenters. The van der Waals surface area contributed by atoms with Gasteiger partial charge in [0.1, 0.15) is 5.37 Å². The Morgan fingerprint density at radius 2 is 1.55 bits per heavy atom. The molecule has 0 spiro atoms. The van der Waals surface area contributed by atoms with Crippen LogP contribution in [0.3, 0.4) is 0 Å². The van der Waals surface area contributed by atoms with Crippen LogP contribution in [-0.4, -0.2) is 27.2 Å². The molecule has 5 nitrogen and oxygen atoms in total. The van der Waals surface area contributed by atoms with E-state index in [0.717, 1.165) is 11.1 Å². The van der Waals surface area contributed by atoms with E-state index in [4.69, 9.17) is 37.4 Å². The zero-order valence-electron chi connectivity index (χ0n) is 18.2. The van der Waals surface area contributed by atoms with Crippen molar-refractivity contribution in [3.63, 3.8) is 0 Å². The number of carbonyl (C=O) groups excluding carboxylic acids is 1. The predicted octanol–water partition coefficient (Wildman–Crippen LogP) is 6.84. The second-order valence-corrected chi connectivity index (χ2v) is 9.06. The van der Waals surface area contributed by atoms with Crippen molar-refractivity contribution in [1.29, 1.82) is 0 Å². The second kappa shape index (κ2) is 10.00. The summed E-state index contributed by atoms with van der Waals surface area (Å²) in [5.74, 6) is 1.36. The van der Waals surface area contributed by atoms with E-state index in [-0.39, 0.29) is 5.91 Å². The monoisotopic (exact) mass is 501 g/mol. The van der Waals surface area contributed by atoms with E-state index in [2.05, 4.69) is 0 Å².